The standard InChI is InChI=1S/C17H22N4O4/c1-9-4-10(2)7-20(6-9)8-12-11(3)14(21(24)25)5-13-15(12)19-17(23)16(22)18-13/h5,9-10H,4,6-8H2,1-3H3,(H,18,22)(H,19,23). The number of aromatic nitrogens is 2. The topological polar surface area (TPSA) is 112 Å². The van der Waals surface area contributed by atoms with Crippen LogP contribution in [0.5, 0.6) is 0 Å². The molecule has 1 aliphatic heterocycles. The molecule has 25 heavy (non-hydrogen) atoms. The van der Waals surface area contributed by atoms with Crippen LogP contribution in [0.2, 0.25) is 0 Å². The lowest BCUT2D eigenvalue weighted by Crippen LogP contribution is -2.38. The number of hydrogen-bond acceptors (Lipinski definition) is 5. The summed E-state index contributed by atoms with van der Waals surface area (Å²) in [6.07, 6.45) is 1.16. The molecule has 2 aromatic rings. The number of fused-ring (bicyclic) bond motifs is 1. The first-order valence-electron chi connectivity index (χ1n) is 8.41. The summed E-state index contributed by atoms with van der Waals surface area (Å²) in [5.41, 5.74) is 0.362. The van der Waals surface area contributed by atoms with Crippen molar-refractivity contribution in [2.45, 2.75) is 33.7 Å². The van der Waals surface area contributed by atoms with Crippen molar-refractivity contribution in [3.8, 4) is 0 Å². The molecule has 8 nitrogen and oxygen atoms in total. The highest BCUT2D eigenvalue weighted by Crippen LogP contribution is 2.30. The van der Waals surface area contributed by atoms with E-state index in [0.717, 1.165) is 19.5 Å². The zero-order valence-electron chi connectivity index (χ0n) is 14.6. The molecule has 1 saturated heterocycles. The number of benzene rings is 1. The molecule has 0 saturated carbocycles. The van der Waals surface area contributed by atoms with Gasteiger partial charge in [0.15, 0.2) is 0 Å². The Hall–Kier alpha value is -2.48. The van der Waals surface area contributed by atoms with Gasteiger partial charge in [0.05, 0.1) is 16.0 Å². The number of aromatic amines is 2. The van der Waals surface area contributed by atoms with Gasteiger partial charge in [0.1, 0.15) is 0 Å². The minimum Gasteiger partial charge on any atom is -0.316 e. The third-order valence-electron chi connectivity index (χ3n) is 4.90. The largest absolute Gasteiger partial charge is 0.316 e. The zero-order valence-corrected chi connectivity index (χ0v) is 14.6. The first-order chi connectivity index (χ1) is 11.8. The van der Waals surface area contributed by atoms with Gasteiger partial charge >= 0.3 is 11.1 Å². The normalized spacial score (nSPS) is 21.6. The smallest absolute Gasteiger partial charge is 0.314 e. The molecule has 0 amide bonds. The number of hydrogen-bond donors (Lipinski definition) is 2. The molecule has 0 aliphatic carbocycles. The molecule has 2 N–H and O–H groups in total. The third-order valence-corrected chi connectivity index (χ3v) is 4.90. The van der Waals surface area contributed by atoms with Crippen molar-refractivity contribution in [2.24, 2.45) is 11.8 Å². The fourth-order valence-corrected chi connectivity index (χ4v) is 3.94. The molecule has 1 fully saturated rings. The summed E-state index contributed by atoms with van der Waals surface area (Å²) in [6, 6.07) is 1.31. The highest BCUT2D eigenvalue weighted by atomic mass is 16.6. The summed E-state index contributed by atoms with van der Waals surface area (Å²) in [5.74, 6) is 1.10. The maximum Gasteiger partial charge on any atom is 0.314 e. The average molecular weight is 346 g/mol. The van der Waals surface area contributed by atoms with Gasteiger partial charge in [0.25, 0.3) is 5.69 Å². The summed E-state index contributed by atoms with van der Waals surface area (Å²) in [4.78, 5) is 41.6. The molecule has 2 atom stereocenters. The minimum atomic E-state index is -0.809. The predicted octanol–water partition coefficient (Wildman–Crippen LogP) is 1.91. The quantitative estimate of drug-likeness (QED) is 0.501. The Morgan fingerprint density at radius 2 is 1.80 bits per heavy atom. The van der Waals surface area contributed by atoms with Gasteiger partial charge in [-0.2, -0.15) is 0 Å². The van der Waals surface area contributed by atoms with Gasteiger partial charge in [0, 0.05) is 36.8 Å². The Bertz CT molecular complexity index is 936. The molecular weight excluding hydrogens is 324 g/mol. The van der Waals surface area contributed by atoms with Crippen molar-refractivity contribution in [2.75, 3.05) is 13.1 Å². The Labute approximate surface area is 144 Å². The van der Waals surface area contributed by atoms with Crippen LogP contribution in [0.1, 0.15) is 31.4 Å². The van der Waals surface area contributed by atoms with E-state index in [4.69, 9.17) is 0 Å². The number of H-pyrrole nitrogens is 2. The van der Waals surface area contributed by atoms with Crippen molar-refractivity contribution >= 4 is 16.7 Å². The van der Waals surface area contributed by atoms with Gasteiger partial charge in [-0.05, 0) is 25.2 Å². The molecule has 134 valence electrons. The molecule has 0 radical (unpaired) electrons. The minimum absolute atomic E-state index is 0.0525. The Balaban J connectivity index is 2.16. The van der Waals surface area contributed by atoms with E-state index in [-0.39, 0.29) is 11.2 Å². The van der Waals surface area contributed by atoms with Crippen molar-refractivity contribution in [1.29, 1.82) is 0 Å². The number of nitro benzene ring substituents is 1. The van der Waals surface area contributed by atoms with Gasteiger partial charge in [-0.1, -0.05) is 13.8 Å². The van der Waals surface area contributed by atoms with Crippen molar-refractivity contribution in [3.63, 3.8) is 0 Å². The van der Waals surface area contributed by atoms with E-state index in [2.05, 4.69) is 28.7 Å². The molecule has 8 heteroatoms. The van der Waals surface area contributed by atoms with E-state index in [9.17, 15) is 19.7 Å². The van der Waals surface area contributed by atoms with Gasteiger partial charge in [-0.15, -0.1) is 0 Å². The molecule has 2 unspecified atom stereocenters. The molecule has 1 aliphatic rings. The maximum absolute atomic E-state index is 11.8. The first-order valence-corrected chi connectivity index (χ1v) is 8.41. The summed E-state index contributed by atoms with van der Waals surface area (Å²) >= 11 is 0. The van der Waals surface area contributed by atoms with Crippen LogP contribution in [0.25, 0.3) is 11.0 Å². The number of piperidine rings is 1. The van der Waals surface area contributed by atoms with Crippen LogP contribution in [0.15, 0.2) is 15.7 Å². The highest BCUT2D eigenvalue weighted by Gasteiger charge is 2.25. The summed E-state index contributed by atoms with van der Waals surface area (Å²) in [5, 5.41) is 11.4. The second-order valence-corrected chi connectivity index (χ2v) is 7.23. The van der Waals surface area contributed by atoms with E-state index in [1.54, 1.807) is 6.92 Å². The fraction of sp³-hybridized carbons (Fsp3) is 0.529. The maximum atomic E-state index is 11.8. The number of rotatable bonds is 3. The van der Waals surface area contributed by atoms with E-state index in [0.29, 0.717) is 35.0 Å². The van der Waals surface area contributed by atoms with Crippen LogP contribution in [-0.4, -0.2) is 32.9 Å². The molecule has 3 rings (SSSR count). The molecule has 0 spiro atoms. The summed E-state index contributed by atoms with van der Waals surface area (Å²) in [7, 11) is 0. The molecule has 1 aromatic carbocycles. The van der Waals surface area contributed by atoms with Crippen LogP contribution in [-0.2, 0) is 6.54 Å². The van der Waals surface area contributed by atoms with Crippen LogP contribution < -0.4 is 11.1 Å². The Kier molecular flexibility index (Phi) is 4.47. The van der Waals surface area contributed by atoms with Crippen molar-refractivity contribution in [1.82, 2.24) is 14.9 Å². The molecule has 1 aromatic heterocycles. The van der Waals surface area contributed by atoms with Crippen molar-refractivity contribution < 1.29 is 4.92 Å². The molecule has 0 bridgehead atoms. The van der Waals surface area contributed by atoms with Gasteiger partial charge < -0.3 is 9.97 Å². The van der Waals surface area contributed by atoms with E-state index >= 15 is 0 Å². The molecule has 2 heterocycles. The SMILES string of the molecule is Cc1c([N+](=O)[O-])cc2[nH]c(=O)c(=O)[nH]c2c1CN1CC(C)CC(C)C1. The lowest BCUT2D eigenvalue weighted by molar-refractivity contribution is -0.385. The second kappa shape index (κ2) is 6.44. The first kappa shape index (κ1) is 17.3. The second-order valence-electron chi connectivity index (χ2n) is 7.23. The van der Waals surface area contributed by atoms with Gasteiger partial charge in [0.2, 0.25) is 0 Å². The van der Waals surface area contributed by atoms with Gasteiger partial charge in [-0.3, -0.25) is 24.6 Å². The average Bonchev–Trinajstić information content (AvgIpc) is 2.50. The lowest BCUT2D eigenvalue weighted by atomic mass is 9.91. The van der Waals surface area contributed by atoms with Crippen LogP contribution >= 0.6 is 0 Å². The Morgan fingerprint density at radius 3 is 2.40 bits per heavy atom. The zero-order chi connectivity index (χ0) is 18.3. The number of nitrogens with one attached hydrogen (secondary N) is 2. The van der Waals surface area contributed by atoms with E-state index in [1.165, 1.54) is 6.07 Å². The Morgan fingerprint density at radius 1 is 1.20 bits per heavy atom. The number of nitrogens with zero attached hydrogens (tertiary/aromatic N) is 2. The van der Waals surface area contributed by atoms with E-state index < -0.39 is 16.0 Å². The molecular formula is C17H22N4O4. The number of likely N-dealkylation sites (tertiary alicyclic amines) is 1. The van der Waals surface area contributed by atoms with Gasteiger partial charge in [-0.25, -0.2) is 0 Å². The highest BCUT2D eigenvalue weighted by molar-refractivity contribution is 5.82. The van der Waals surface area contributed by atoms with Crippen LogP contribution in [0.4, 0.5) is 5.69 Å². The predicted molar refractivity (Wildman–Crippen MR) is 94.8 cm³/mol. The third kappa shape index (κ3) is 3.34. The fourth-order valence-electron chi connectivity index (χ4n) is 3.94. The summed E-state index contributed by atoms with van der Waals surface area (Å²) in [6.45, 7) is 8.39. The van der Waals surface area contributed by atoms with E-state index in [1.807, 2.05) is 0 Å². The lowest BCUT2D eigenvalue weighted by Gasteiger charge is -2.35. The van der Waals surface area contributed by atoms with Crippen molar-refractivity contribution in [3.05, 3.63) is 48.0 Å². The monoisotopic (exact) mass is 346 g/mol. The number of nitro groups is 1. The van der Waals surface area contributed by atoms with Crippen LogP contribution in [0, 0.1) is 28.9 Å². The summed E-state index contributed by atoms with van der Waals surface area (Å²) < 4.78 is 0. The van der Waals surface area contributed by atoms with Crippen LogP contribution in [0.3, 0.4) is 0 Å².